The molecule has 2 heterocycles. The van der Waals surface area contributed by atoms with Crippen LogP contribution in [0, 0.1) is 0 Å². The van der Waals surface area contributed by atoms with Crippen molar-refractivity contribution in [3.05, 3.63) is 24.3 Å². The fourth-order valence-electron chi connectivity index (χ4n) is 3.32. The van der Waals surface area contributed by atoms with Crippen molar-refractivity contribution >= 4 is 27.2 Å². The molecule has 0 aromatic heterocycles. The summed E-state index contributed by atoms with van der Waals surface area (Å²) in [4.78, 5) is 15.9. The summed E-state index contributed by atoms with van der Waals surface area (Å²) >= 11 is 0. The van der Waals surface area contributed by atoms with E-state index in [0.717, 1.165) is 24.5 Å². The van der Waals surface area contributed by atoms with E-state index in [1.807, 2.05) is 24.3 Å². The third-order valence-electron chi connectivity index (χ3n) is 4.44. The van der Waals surface area contributed by atoms with Gasteiger partial charge in [0.2, 0.25) is 0 Å². The van der Waals surface area contributed by atoms with Gasteiger partial charge in [-0.3, -0.25) is 4.90 Å². The molecule has 2 atom stereocenters. The number of sulfone groups is 1. The topological polar surface area (TPSA) is 69.7 Å². The van der Waals surface area contributed by atoms with E-state index in [1.165, 1.54) is 0 Å². The van der Waals surface area contributed by atoms with Crippen LogP contribution < -0.4 is 15.1 Å². The number of urea groups is 1. The second-order valence-corrected chi connectivity index (χ2v) is 7.91. The van der Waals surface area contributed by atoms with Gasteiger partial charge in [-0.25, -0.2) is 13.2 Å². The van der Waals surface area contributed by atoms with Crippen LogP contribution in [0.3, 0.4) is 0 Å². The Morgan fingerprint density at radius 2 is 1.82 bits per heavy atom. The van der Waals surface area contributed by atoms with Crippen molar-refractivity contribution in [2.45, 2.75) is 25.9 Å². The number of nitrogens with zero attached hydrogens (tertiary/aromatic N) is 2. The van der Waals surface area contributed by atoms with E-state index in [-0.39, 0.29) is 29.6 Å². The Bertz CT molecular complexity index is 668. The van der Waals surface area contributed by atoms with Crippen molar-refractivity contribution in [3.8, 4) is 0 Å². The molecule has 0 bridgehead atoms. The van der Waals surface area contributed by atoms with Gasteiger partial charge in [0.15, 0.2) is 9.84 Å². The van der Waals surface area contributed by atoms with Crippen molar-refractivity contribution in [2.24, 2.45) is 0 Å². The lowest BCUT2D eigenvalue weighted by atomic mass is 10.1. The molecule has 2 saturated heterocycles. The van der Waals surface area contributed by atoms with Gasteiger partial charge in [0, 0.05) is 24.5 Å². The number of nitrogens with one attached hydrogen (secondary N) is 1. The number of amides is 2. The van der Waals surface area contributed by atoms with E-state index in [9.17, 15) is 13.2 Å². The van der Waals surface area contributed by atoms with Crippen LogP contribution in [0.5, 0.6) is 0 Å². The van der Waals surface area contributed by atoms with Crippen LogP contribution in [0.4, 0.5) is 16.2 Å². The number of benzene rings is 1. The van der Waals surface area contributed by atoms with Gasteiger partial charge in [-0.05, 0) is 38.1 Å². The molecule has 2 aliphatic rings. The zero-order valence-corrected chi connectivity index (χ0v) is 13.6. The average molecular weight is 323 g/mol. The lowest BCUT2D eigenvalue weighted by Crippen LogP contribution is -2.36. The Balaban J connectivity index is 1.86. The zero-order chi connectivity index (χ0) is 15.9. The maximum atomic E-state index is 12.1. The third-order valence-corrected chi connectivity index (χ3v) is 6.15. The van der Waals surface area contributed by atoms with Crippen LogP contribution >= 0.6 is 0 Å². The van der Waals surface area contributed by atoms with Crippen molar-refractivity contribution in [2.75, 3.05) is 34.4 Å². The van der Waals surface area contributed by atoms with Crippen molar-refractivity contribution in [1.82, 2.24) is 5.32 Å². The third kappa shape index (κ3) is 2.54. The number of carbonyl (C=O) groups excluding carboxylic acids is 1. The summed E-state index contributed by atoms with van der Waals surface area (Å²) in [7, 11) is -3.06. The highest BCUT2D eigenvalue weighted by atomic mass is 32.2. The predicted octanol–water partition coefficient (Wildman–Crippen LogP) is 1.23. The van der Waals surface area contributed by atoms with Gasteiger partial charge in [0.1, 0.15) is 0 Å². The molecule has 1 aromatic carbocycles. The summed E-state index contributed by atoms with van der Waals surface area (Å²) in [6, 6.07) is 6.94. The minimum Gasteiger partial charge on any atom is -0.372 e. The van der Waals surface area contributed by atoms with E-state index in [2.05, 4.69) is 24.1 Å². The summed E-state index contributed by atoms with van der Waals surface area (Å²) in [6.45, 7) is 6.03. The molecule has 0 spiro atoms. The van der Waals surface area contributed by atoms with Crippen molar-refractivity contribution in [1.29, 1.82) is 0 Å². The Morgan fingerprint density at radius 3 is 2.41 bits per heavy atom. The molecule has 0 radical (unpaired) electrons. The van der Waals surface area contributed by atoms with E-state index in [1.54, 1.807) is 4.90 Å². The molecule has 7 heteroatoms. The molecule has 0 saturated carbocycles. The Labute approximate surface area is 131 Å². The minimum absolute atomic E-state index is 0.0359. The van der Waals surface area contributed by atoms with Crippen LogP contribution in [-0.4, -0.2) is 51.1 Å². The molecule has 120 valence electrons. The molecule has 0 aliphatic carbocycles. The summed E-state index contributed by atoms with van der Waals surface area (Å²) in [5, 5.41) is 2.78. The smallest absolute Gasteiger partial charge is 0.322 e. The molecular weight excluding hydrogens is 302 g/mol. The Kier molecular flexibility index (Phi) is 3.76. The standard InChI is InChI=1S/C15H21N3O3S/c1-3-17(4-2)11-5-7-12(8-6-11)18-14-10-22(20,21)9-13(14)16-15(18)19/h5-8,13-14H,3-4,9-10H2,1-2H3,(H,16,19)/t13-,14+/m0/s1. The highest BCUT2D eigenvalue weighted by Crippen LogP contribution is 2.30. The first-order chi connectivity index (χ1) is 10.4. The van der Waals surface area contributed by atoms with Gasteiger partial charge in [-0.2, -0.15) is 0 Å². The Hall–Kier alpha value is -1.76. The van der Waals surface area contributed by atoms with Crippen LogP contribution in [0.15, 0.2) is 24.3 Å². The van der Waals surface area contributed by atoms with E-state index in [0.29, 0.717) is 0 Å². The summed E-state index contributed by atoms with van der Waals surface area (Å²) < 4.78 is 23.5. The quantitative estimate of drug-likeness (QED) is 0.846. The van der Waals surface area contributed by atoms with Crippen molar-refractivity contribution < 1.29 is 13.2 Å². The number of hydrogen-bond acceptors (Lipinski definition) is 4. The van der Waals surface area contributed by atoms with Crippen LogP contribution in [0.25, 0.3) is 0 Å². The minimum atomic E-state index is -3.06. The number of hydrogen-bond donors (Lipinski definition) is 1. The molecule has 1 N–H and O–H groups in total. The summed E-state index contributed by atoms with van der Waals surface area (Å²) in [5.41, 5.74) is 1.85. The maximum Gasteiger partial charge on any atom is 0.322 e. The van der Waals surface area contributed by atoms with Crippen molar-refractivity contribution in [3.63, 3.8) is 0 Å². The maximum absolute atomic E-state index is 12.1. The second kappa shape index (κ2) is 5.46. The molecule has 0 unspecified atom stereocenters. The predicted molar refractivity (Wildman–Crippen MR) is 87.2 cm³/mol. The largest absolute Gasteiger partial charge is 0.372 e. The fourth-order valence-corrected chi connectivity index (χ4v) is 5.21. The molecule has 2 amide bonds. The van der Waals surface area contributed by atoms with Gasteiger partial charge >= 0.3 is 6.03 Å². The molecular formula is C15H21N3O3S. The summed E-state index contributed by atoms with van der Waals surface area (Å²) in [6.07, 6.45) is 0. The van der Waals surface area contributed by atoms with Crippen LogP contribution in [-0.2, 0) is 9.84 Å². The van der Waals surface area contributed by atoms with Gasteiger partial charge in [0.05, 0.1) is 23.6 Å². The monoisotopic (exact) mass is 323 g/mol. The molecule has 2 aliphatic heterocycles. The fraction of sp³-hybridized carbons (Fsp3) is 0.533. The normalized spacial score (nSPS) is 25.9. The van der Waals surface area contributed by atoms with Gasteiger partial charge in [-0.1, -0.05) is 0 Å². The second-order valence-electron chi connectivity index (χ2n) is 5.76. The number of rotatable bonds is 4. The van der Waals surface area contributed by atoms with Gasteiger partial charge < -0.3 is 10.2 Å². The zero-order valence-electron chi connectivity index (χ0n) is 12.8. The van der Waals surface area contributed by atoms with Gasteiger partial charge in [-0.15, -0.1) is 0 Å². The number of carbonyl (C=O) groups is 1. The van der Waals surface area contributed by atoms with Crippen LogP contribution in [0.1, 0.15) is 13.8 Å². The average Bonchev–Trinajstić information content (AvgIpc) is 2.91. The summed E-state index contributed by atoms with van der Waals surface area (Å²) in [5.74, 6) is 0.0750. The lowest BCUT2D eigenvalue weighted by Gasteiger charge is -2.24. The van der Waals surface area contributed by atoms with E-state index < -0.39 is 9.84 Å². The first kappa shape index (κ1) is 15.1. The highest BCUT2D eigenvalue weighted by Gasteiger charge is 2.49. The molecule has 3 rings (SSSR count). The Morgan fingerprint density at radius 1 is 1.18 bits per heavy atom. The lowest BCUT2D eigenvalue weighted by molar-refractivity contribution is 0.251. The first-order valence-electron chi connectivity index (χ1n) is 7.60. The molecule has 2 fully saturated rings. The number of fused-ring (bicyclic) bond motifs is 1. The van der Waals surface area contributed by atoms with E-state index >= 15 is 0 Å². The van der Waals surface area contributed by atoms with E-state index in [4.69, 9.17) is 0 Å². The molecule has 22 heavy (non-hydrogen) atoms. The molecule has 1 aromatic rings. The first-order valence-corrected chi connectivity index (χ1v) is 9.42. The SMILES string of the molecule is CCN(CC)c1ccc(N2C(=O)N[C@H]3CS(=O)(=O)C[C@H]32)cc1. The number of anilines is 2. The highest BCUT2D eigenvalue weighted by molar-refractivity contribution is 7.91. The van der Waals surface area contributed by atoms with Crippen LogP contribution in [0.2, 0.25) is 0 Å². The molecule has 6 nitrogen and oxygen atoms in total. The van der Waals surface area contributed by atoms with Gasteiger partial charge in [0.25, 0.3) is 0 Å².